The highest BCUT2D eigenvalue weighted by molar-refractivity contribution is 7.16. The van der Waals surface area contributed by atoms with Gasteiger partial charge in [-0.05, 0) is 24.3 Å². The molecule has 158 valence electrons. The van der Waals surface area contributed by atoms with Crippen molar-refractivity contribution >= 4 is 45.0 Å². The number of carbonyl (C=O) groups excluding carboxylic acids is 2. The molecule has 0 saturated carbocycles. The molecule has 0 saturated heterocycles. The van der Waals surface area contributed by atoms with Crippen molar-refractivity contribution in [1.82, 2.24) is 4.57 Å². The molecule has 0 aliphatic carbocycles. The summed E-state index contributed by atoms with van der Waals surface area (Å²) >= 11 is 7.07. The number of nitrogens with zero attached hydrogens (tertiary/aromatic N) is 2. The van der Waals surface area contributed by atoms with Gasteiger partial charge in [-0.1, -0.05) is 22.9 Å². The predicted molar refractivity (Wildman–Crippen MR) is 112 cm³/mol. The molecule has 1 aromatic heterocycles. The van der Waals surface area contributed by atoms with E-state index in [1.165, 1.54) is 32.7 Å². The lowest BCUT2D eigenvalue weighted by molar-refractivity contribution is -0.141. The summed E-state index contributed by atoms with van der Waals surface area (Å²) in [7, 11) is 4.34. The molecule has 0 bridgehead atoms. The minimum Gasteiger partial charge on any atom is -0.493 e. The third kappa shape index (κ3) is 4.92. The van der Waals surface area contributed by atoms with Gasteiger partial charge >= 0.3 is 5.97 Å². The average molecular weight is 451 g/mol. The SMILES string of the molecule is COC(=O)Cn1c(=NC(=O)COc2ccc(Cl)cc2)sc2cc(OC)c(OC)cc21. The van der Waals surface area contributed by atoms with Crippen LogP contribution in [-0.2, 0) is 20.9 Å². The Morgan fingerprint density at radius 2 is 1.73 bits per heavy atom. The van der Waals surface area contributed by atoms with E-state index in [-0.39, 0.29) is 13.2 Å². The van der Waals surface area contributed by atoms with Crippen LogP contribution in [0.1, 0.15) is 0 Å². The van der Waals surface area contributed by atoms with Gasteiger partial charge in [0.15, 0.2) is 22.9 Å². The monoisotopic (exact) mass is 450 g/mol. The maximum absolute atomic E-state index is 12.4. The zero-order chi connectivity index (χ0) is 21.7. The predicted octanol–water partition coefficient (Wildman–Crippen LogP) is 3.05. The van der Waals surface area contributed by atoms with Crippen molar-refractivity contribution in [3.05, 3.63) is 46.2 Å². The van der Waals surface area contributed by atoms with Gasteiger partial charge in [0.2, 0.25) is 0 Å². The zero-order valence-corrected chi connectivity index (χ0v) is 18.1. The van der Waals surface area contributed by atoms with Crippen LogP contribution in [0.2, 0.25) is 5.02 Å². The lowest BCUT2D eigenvalue weighted by atomic mass is 10.3. The number of halogens is 1. The molecule has 0 aliphatic heterocycles. The highest BCUT2D eigenvalue weighted by Crippen LogP contribution is 2.33. The van der Waals surface area contributed by atoms with Crippen LogP contribution in [0.25, 0.3) is 10.2 Å². The molecule has 0 atom stereocenters. The van der Waals surface area contributed by atoms with E-state index in [0.717, 1.165) is 4.70 Å². The van der Waals surface area contributed by atoms with E-state index < -0.39 is 11.9 Å². The fraction of sp³-hybridized carbons (Fsp3) is 0.250. The van der Waals surface area contributed by atoms with E-state index in [0.29, 0.717) is 32.6 Å². The Bertz CT molecular complexity index is 1140. The lowest BCUT2D eigenvalue weighted by Crippen LogP contribution is -2.23. The summed E-state index contributed by atoms with van der Waals surface area (Å²) in [4.78, 5) is 28.8. The molecule has 0 aliphatic rings. The highest BCUT2D eigenvalue weighted by Gasteiger charge is 2.16. The third-order valence-electron chi connectivity index (χ3n) is 4.10. The molecule has 3 rings (SSSR count). The topological polar surface area (TPSA) is 88.4 Å². The number of esters is 1. The average Bonchev–Trinajstić information content (AvgIpc) is 3.07. The van der Waals surface area contributed by atoms with Gasteiger partial charge in [-0.15, -0.1) is 0 Å². The van der Waals surface area contributed by atoms with Gasteiger partial charge in [0.05, 0.1) is 31.5 Å². The van der Waals surface area contributed by atoms with E-state index in [1.54, 1.807) is 41.0 Å². The van der Waals surface area contributed by atoms with Crippen molar-refractivity contribution in [2.75, 3.05) is 27.9 Å². The number of hydrogen-bond acceptors (Lipinski definition) is 7. The van der Waals surface area contributed by atoms with Crippen molar-refractivity contribution in [3.63, 3.8) is 0 Å². The van der Waals surface area contributed by atoms with Gasteiger partial charge in [-0.3, -0.25) is 9.59 Å². The summed E-state index contributed by atoms with van der Waals surface area (Å²) in [5.41, 5.74) is 0.660. The number of fused-ring (bicyclic) bond motifs is 1. The first-order valence-electron chi connectivity index (χ1n) is 8.73. The van der Waals surface area contributed by atoms with Crippen LogP contribution >= 0.6 is 22.9 Å². The maximum atomic E-state index is 12.4. The normalized spacial score (nSPS) is 11.4. The van der Waals surface area contributed by atoms with Gasteiger partial charge in [0.25, 0.3) is 5.91 Å². The summed E-state index contributed by atoms with van der Waals surface area (Å²) in [5.74, 6) is 0.534. The van der Waals surface area contributed by atoms with Gasteiger partial charge < -0.3 is 23.5 Å². The van der Waals surface area contributed by atoms with Crippen LogP contribution < -0.4 is 19.0 Å². The first-order chi connectivity index (χ1) is 14.4. The van der Waals surface area contributed by atoms with E-state index in [1.807, 2.05) is 0 Å². The van der Waals surface area contributed by atoms with Crippen LogP contribution in [0.5, 0.6) is 17.2 Å². The fourth-order valence-corrected chi connectivity index (χ4v) is 3.83. The first kappa shape index (κ1) is 21.7. The minimum absolute atomic E-state index is 0.115. The van der Waals surface area contributed by atoms with Crippen LogP contribution in [0.15, 0.2) is 41.4 Å². The van der Waals surface area contributed by atoms with Crippen LogP contribution in [-0.4, -0.2) is 44.4 Å². The number of rotatable bonds is 7. The molecule has 30 heavy (non-hydrogen) atoms. The standard InChI is InChI=1S/C20H19ClN2O6S/c1-26-15-8-14-17(9-16(15)27-2)30-20(23(14)10-19(25)28-3)22-18(24)11-29-13-6-4-12(21)5-7-13/h4-9H,10-11H2,1-3H3. The summed E-state index contributed by atoms with van der Waals surface area (Å²) in [6, 6.07) is 10.1. The molecule has 0 spiro atoms. The molecular weight excluding hydrogens is 432 g/mol. The van der Waals surface area contributed by atoms with E-state index in [9.17, 15) is 9.59 Å². The first-order valence-corrected chi connectivity index (χ1v) is 9.92. The van der Waals surface area contributed by atoms with E-state index >= 15 is 0 Å². The van der Waals surface area contributed by atoms with E-state index in [4.69, 9.17) is 30.5 Å². The second-order valence-corrected chi connectivity index (χ2v) is 7.42. The van der Waals surface area contributed by atoms with Crippen molar-refractivity contribution < 1.29 is 28.5 Å². The Hall–Kier alpha value is -3.04. The van der Waals surface area contributed by atoms with Crippen molar-refractivity contribution in [2.45, 2.75) is 6.54 Å². The quantitative estimate of drug-likeness (QED) is 0.514. The van der Waals surface area contributed by atoms with Gasteiger partial charge in [0, 0.05) is 17.2 Å². The molecule has 3 aromatic rings. The van der Waals surface area contributed by atoms with Gasteiger partial charge in [-0.2, -0.15) is 4.99 Å². The summed E-state index contributed by atoms with van der Waals surface area (Å²) in [6.45, 7) is -0.378. The molecule has 1 heterocycles. The van der Waals surface area contributed by atoms with E-state index in [2.05, 4.69) is 4.99 Å². The minimum atomic E-state index is -0.506. The van der Waals surface area contributed by atoms with Crippen LogP contribution in [0.4, 0.5) is 0 Å². The largest absolute Gasteiger partial charge is 0.493 e. The number of thiazole rings is 1. The molecule has 1 amide bonds. The molecule has 10 heteroatoms. The van der Waals surface area contributed by atoms with Crippen LogP contribution in [0, 0.1) is 0 Å². The van der Waals surface area contributed by atoms with Crippen LogP contribution in [0.3, 0.4) is 0 Å². The number of aromatic nitrogens is 1. The van der Waals surface area contributed by atoms with Crippen molar-refractivity contribution in [1.29, 1.82) is 0 Å². The van der Waals surface area contributed by atoms with Gasteiger partial charge in [0.1, 0.15) is 12.3 Å². The van der Waals surface area contributed by atoms with Gasteiger partial charge in [-0.25, -0.2) is 0 Å². The molecule has 0 radical (unpaired) electrons. The number of carbonyl (C=O) groups is 2. The Kier molecular flexibility index (Phi) is 6.96. The summed E-state index contributed by atoms with van der Waals surface area (Å²) in [6.07, 6.45) is 0. The molecular formula is C20H19ClN2O6S. The number of methoxy groups -OCH3 is 3. The lowest BCUT2D eigenvalue weighted by Gasteiger charge is -2.09. The molecule has 0 unspecified atom stereocenters. The molecule has 2 aromatic carbocycles. The Morgan fingerprint density at radius 3 is 2.37 bits per heavy atom. The Morgan fingerprint density at radius 1 is 1.07 bits per heavy atom. The fourth-order valence-electron chi connectivity index (χ4n) is 2.64. The number of benzene rings is 2. The summed E-state index contributed by atoms with van der Waals surface area (Å²) in [5, 5.41) is 0.568. The second kappa shape index (κ2) is 9.64. The Balaban J connectivity index is 1.97. The Labute approximate surface area is 181 Å². The molecule has 0 N–H and O–H groups in total. The third-order valence-corrected chi connectivity index (χ3v) is 5.39. The molecule has 0 fully saturated rings. The maximum Gasteiger partial charge on any atom is 0.325 e. The second-order valence-electron chi connectivity index (χ2n) is 5.97. The zero-order valence-electron chi connectivity index (χ0n) is 16.5. The smallest absolute Gasteiger partial charge is 0.325 e. The van der Waals surface area contributed by atoms with Crippen molar-refractivity contribution in [3.8, 4) is 17.2 Å². The molecule has 8 nitrogen and oxygen atoms in total. The number of hydrogen-bond donors (Lipinski definition) is 0. The number of ether oxygens (including phenoxy) is 4. The highest BCUT2D eigenvalue weighted by atomic mass is 35.5. The summed E-state index contributed by atoms with van der Waals surface area (Å²) < 4.78 is 23.2. The number of amides is 1. The van der Waals surface area contributed by atoms with Crippen molar-refractivity contribution in [2.24, 2.45) is 4.99 Å².